The van der Waals surface area contributed by atoms with Gasteiger partial charge in [0.2, 0.25) is 0 Å². The molecule has 1 aromatic rings. The highest BCUT2D eigenvalue weighted by Crippen LogP contribution is 2.26. The molecule has 0 radical (unpaired) electrons. The second kappa shape index (κ2) is 10.5. The minimum Gasteiger partial charge on any atom is -0.379 e. The van der Waals surface area contributed by atoms with Crippen LogP contribution in [-0.4, -0.2) is 70.4 Å². The molecular formula is C21H35N5O. The molecule has 0 atom stereocenters. The van der Waals surface area contributed by atoms with E-state index in [-0.39, 0.29) is 0 Å². The first-order valence-corrected chi connectivity index (χ1v) is 10.4. The van der Waals surface area contributed by atoms with E-state index in [0.717, 1.165) is 71.4 Å². The van der Waals surface area contributed by atoms with Crippen molar-refractivity contribution in [3.63, 3.8) is 0 Å². The molecule has 0 unspecified atom stereocenters. The summed E-state index contributed by atoms with van der Waals surface area (Å²) >= 11 is 0. The molecule has 2 aliphatic rings. The lowest BCUT2D eigenvalue weighted by molar-refractivity contribution is 0.0376. The van der Waals surface area contributed by atoms with E-state index in [1.54, 1.807) is 0 Å². The molecule has 6 heteroatoms. The van der Waals surface area contributed by atoms with Crippen LogP contribution in [0.2, 0.25) is 0 Å². The van der Waals surface area contributed by atoms with Gasteiger partial charge in [0, 0.05) is 45.5 Å². The van der Waals surface area contributed by atoms with Crippen molar-refractivity contribution in [1.82, 2.24) is 15.5 Å². The fourth-order valence-corrected chi connectivity index (χ4v) is 3.78. The molecule has 0 aliphatic carbocycles. The fraction of sp³-hybridized carbons (Fsp3) is 0.667. The van der Waals surface area contributed by atoms with Gasteiger partial charge in [0.1, 0.15) is 0 Å². The van der Waals surface area contributed by atoms with E-state index in [1.165, 1.54) is 29.7 Å². The van der Waals surface area contributed by atoms with Crippen LogP contribution in [0.5, 0.6) is 0 Å². The Morgan fingerprint density at radius 2 is 2.04 bits per heavy atom. The van der Waals surface area contributed by atoms with Gasteiger partial charge in [-0.1, -0.05) is 12.1 Å². The largest absolute Gasteiger partial charge is 0.379 e. The Morgan fingerprint density at radius 1 is 1.19 bits per heavy atom. The number of morpholine rings is 1. The summed E-state index contributed by atoms with van der Waals surface area (Å²) in [6, 6.07) is 6.80. The smallest absolute Gasteiger partial charge is 0.191 e. The molecule has 27 heavy (non-hydrogen) atoms. The number of hydrogen-bond donors (Lipinski definition) is 2. The predicted octanol–water partition coefficient (Wildman–Crippen LogP) is 1.85. The molecule has 6 nitrogen and oxygen atoms in total. The number of nitrogens with zero attached hydrogens (tertiary/aromatic N) is 3. The van der Waals surface area contributed by atoms with Crippen LogP contribution in [0.4, 0.5) is 5.69 Å². The molecular weight excluding hydrogens is 338 g/mol. The predicted molar refractivity (Wildman–Crippen MR) is 113 cm³/mol. The minimum absolute atomic E-state index is 0.718. The van der Waals surface area contributed by atoms with Crippen molar-refractivity contribution in [2.75, 3.05) is 64.4 Å². The molecule has 2 N–H and O–H groups in total. The Balaban J connectivity index is 1.48. The Kier molecular flexibility index (Phi) is 7.78. The van der Waals surface area contributed by atoms with E-state index in [1.807, 2.05) is 0 Å². The summed E-state index contributed by atoms with van der Waals surface area (Å²) < 4.78 is 5.40. The number of anilines is 1. The van der Waals surface area contributed by atoms with Gasteiger partial charge in [-0.2, -0.15) is 0 Å². The highest BCUT2D eigenvalue weighted by molar-refractivity contribution is 5.79. The maximum atomic E-state index is 5.40. The van der Waals surface area contributed by atoms with Crippen molar-refractivity contribution in [2.24, 2.45) is 4.99 Å². The highest BCUT2D eigenvalue weighted by atomic mass is 16.5. The second-order valence-electron chi connectivity index (χ2n) is 7.42. The van der Waals surface area contributed by atoms with Crippen LogP contribution in [0.3, 0.4) is 0 Å². The molecule has 1 saturated heterocycles. The number of aliphatic imine (C=N–C) groups is 1. The number of aryl methyl sites for hydroxylation is 1. The summed E-state index contributed by atoms with van der Waals surface area (Å²) in [6.07, 6.45) is 3.54. The summed E-state index contributed by atoms with van der Waals surface area (Å²) in [6.45, 7) is 10.8. The lowest BCUT2D eigenvalue weighted by Gasteiger charge is -2.27. The minimum atomic E-state index is 0.718. The van der Waals surface area contributed by atoms with E-state index < -0.39 is 0 Å². The number of hydrogen-bond acceptors (Lipinski definition) is 4. The van der Waals surface area contributed by atoms with Crippen molar-refractivity contribution >= 4 is 11.6 Å². The van der Waals surface area contributed by atoms with Crippen molar-refractivity contribution in [1.29, 1.82) is 0 Å². The highest BCUT2D eigenvalue weighted by Gasteiger charge is 2.13. The summed E-state index contributed by atoms with van der Waals surface area (Å²) in [4.78, 5) is 9.61. The maximum Gasteiger partial charge on any atom is 0.191 e. The maximum absolute atomic E-state index is 5.40. The van der Waals surface area contributed by atoms with E-state index in [4.69, 9.17) is 9.73 Å². The summed E-state index contributed by atoms with van der Waals surface area (Å²) in [5.41, 5.74) is 4.12. The Hall–Kier alpha value is -1.79. The first-order valence-electron chi connectivity index (χ1n) is 10.4. The van der Waals surface area contributed by atoms with Gasteiger partial charge >= 0.3 is 0 Å². The number of ether oxygens (including phenoxy) is 1. The molecule has 1 aromatic carbocycles. The van der Waals surface area contributed by atoms with Gasteiger partial charge in [0.05, 0.1) is 19.8 Å². The fourth-order valence-electron chi connectivity index (χ4n) is 3.78. The number of fused-ring (bicyclic) bond motifs is 1. The molecule has 150 valence electrons. The normalized spacial score (nSPS) is 18.3. The first kappa shape index (κ1) is 20.0. The van der Waals surface area contributed by atoms with Gasteiger partial charge < -0.3 is 20.3 Å². The van der Waals surface area contributed by atoms with Gasteiger partial charge in [0.25, 0.3) is 0 Å². The van der Waals surface area contributed by atoms with Gasteiger partial charge in [-0.25, -0.2) is 4.99 Å². The third kappa shape index (κ3) is 6.11. The zero-order valence-electron chi connectivity index (χ0n) is 17.0. The Labute approximate surface area is 164 Å². The average molecular weight is 374 g/mol. The second-order valence-corrected chi connectivity index (χ2v) is 7.42. The zero-order valence-corrected chi connectivity index (χ0v) is 17.0. The molecule has 3 rings (SSSR count). The molecule has 0 bridgehead atoms. The van der Waals surface area contributed by atoms with Crippen molar-refractivity contribution in [2.45, 2.75) is 32.7 Å². The van der Waals surface area contributed by atoms with Gasteiger partial charge in [-0.3, -0.25) is 4.90 Å². The monoisotopic (exact) mass is 373 g/mol. The Bertz CT molecular complexity index is 613. The van der Waals surface area contributed by atoms with Gasteiger partial charge in [0.15, 0.2) is 5.96 Å². The van der Waals surface area contributed by atoms with Gasteiger partial charge in [-0.05, 0) is 49.9 Å². The number of guanidine groups is 1. The number of nitrogens with one attached hydrogen (secondary N) is 2. The van der Waals surface area contributed by atoms with E-state index >= 15 is 0 Å². The molecule has 2 aliphatic heterocycles. The van der Waals surface area contributed by atoms with Crippen LogP contribution in [0.1, 0.15) is 30.9 Å². The molecule has 0 spiro atoms. The van der Waals surface area contributed by atoms with Crippen LogP contribution in [0.15, 0.2) is 23.2 Å². The van der Waals surface area contributed by atoms with E-state index in [0.29, 0.717) is 0 Å². The van der Waals surface area contributed by atoms with Crippen LogP contribution < -0.4 is 15.5 Å². The summed E-state index contributed by atoms with van der Waals surface area (Å²) in [5, 5.41) is 6.83. The third-order valence-electron chi connectivity index (χ3n) is 5.31. The van der Waals surface area contributed by atoms with Crippen LogP contribution in [0.25, 0.3) is 0 Å². The number of rotatable bonds is 7. The lowest BCUT2D eigenvalue weighted by Crippen LogP contribution is -2.40. The number of benzene rings is 1. The molecule has 1 fully saturated rings. The Morgan fingerprint density at radius 3 is 2.85 bits per heavy atom. The molecule has 0 saturated carbocycles. The quantitative estimate of drug-likeness (QED) is 0.434. The molecule has 2 heterocycles. The summed E-state index contributed by atoms with van der Waals surface area (Å²) in [5.74, 6) is 0.911. The third-order valence-corrected chi connectivity index (χ3v) is 5.31. The average Bonchev–Trinajstić information content (AvgIpc) is 2.70. The van der Waals surface area contributed by atoms with Crippen LogP contribution >= 0.6 is 0 Å². The summed E-state index contributed by atoms with van der Waals surface area (Å²) in [7, 11) is 2.18. The molecule has 0 aromatic heterocycles. The van der Waals surface area contributed by atoms with Gasteiger partial charge in [-0.15, -0.1) is 0 Å². The van der Waals surface area contributed by atoms with Crippen LogP contribution in [0, 0.1) is 0 Å². The van der Waals surface area contributed by atoms with Crippen molar-refractivity contribution in [3.8, 4) is 0 Å². The topological polar surface area (TPSA) is 52.1 Å². The standard InChI is InChI=1S/C21H35N5O/c1-3-22-21(23-9-5-11-26-12-14-27-15-13-26)24-17-18-7-8-20-19(16-18)6-4-10-25(20)2/h7-8,16H,3-6,9-15,17H2,1-2H3,(H2,22,23,24). The zero-order chi connectivity index (χ0) is 18.9. The van der Waals surface area contributed by atoms with E-state index in [9.17, 15) is 0 Å². The van der Waals surface area contributed by atoms with Crippen molar-refractivity contribution in [3.05, 3.63) is 29.3 Å². The van der Waals surface area contributed by atoms with Crippen molar-refractivity contribution < 1.29 is 4.74 Å². The first-order chi connectivity index (χ1) is 13.3. The van der Waals surface area contributed by atoms with Crippen LogP contribution in [-0.2, 0) is 17.7 Å². The lowest BCUT2D eigenvalue weighted by atomic mass is 10.00. The molecule has 0 amide bonds. The SMILES string of the molecule is CCNC(=NCc1ccc2c(c1)CCCN2C)NCCCN1CCOCC1. The van der Waals surface area contributed by atoms with E-state index in [2.05, 4.69) is 52.6 Å².